The molecule has 19 heavy (non-hydrogen) atoms. The Bertz CT molecular complexity index is 479. The Kier molecular flexibility index (Phi) is 4.52. The molecule has 2 rings (SSSR count). The number of aromatic nitrogens is 3. The first-order valence-electron chi connectivity index (χ1n) is 6.43. The summed E-state index contributed by atoms with van der Waals surface area (Å²) in [4.78, 5) is 1.60. The second-order valence-electron chi connectivity index (χ2n) is 4.82. The van der Waals surface area contributed by atoms with Crippen LogP contribution in [-0.2, 0) is 4.74 Å². The molecule has 1 aromatic carbocycles. The third-order valence-corrected chi connectivity index (χ3v) is 3.02. The van der Waals surface area contributed by atoms with E-state index in [0.29, 0.717) is 18.6 Å². The monoisotopic (exact) mass is 260 g/mol. The zero-order valence-electron chi connectivity index (χ0n) is 11.6. The number of ether oxygens (including phenoxy) is 1. The second kappa shape index (κ2) is 6.33. The van der Waals surface area contributed by atoms with E-state index in [2.05, 4.69) is 29.4 Å². The fourth-order valence-electron chi connectivity index (χ4n) is 1.83. The largest absolute Gasteiger partial charge is 0.383 e. The number of nitrogens with zero attached hydrogens (tertiary/aromatic N) is 3. The summed E-state index contributed by atoms with van der Waals surface area (Å²) < 4.78 is 5.23. The summed E-state index contributed by atoms with van der Waals surface area (Å²) in [5.74, 6) is 0.507. The molecule has 5 nitrogen and oxygen atoms in total. The Morgan fingerprint density at radius 1 is 1.16 bits per heavy atom. The van der Waals surface area contributed by atoms with Gasteiger partial charge >= 0.3 is 0 Å². The maximum absolute atomic E-state index is 5.23. The standard InChI is InChI=1S/C14H20N4O/c1-11(2)14(10-19-3)17-12-4-6-13(7-5-12)18-15-8-9-16-18/h4-9,11,14,17H,10H2,1-3H3. The van der Waals surface area contributed by atoms with Crippen molar-refractivity contribution in [3.05, 3.63) is 36.7 Å². The first-order valence-corrected chi connectivity index (χ1v) is 6.43. The van der Waals surface area contributed by atoms with E-state index in [1.165, 1.54) is 0 Å². The number of hydrogen-bond donors (Lipinski definition) is 1. The molecule has 0 bridgehead atoms. The highest BCUT2D eigenvalue weighted by atomic mass is 16.5. The van der Waals surface area contributed by atoms with E-state index in [1.54, 1.807) is 24.3 Å². The quantitative estimate of drug-likeness (QED) is 0.866. The number of hydrogen-bond acceptors (Lipinski definition) is 4. The van der Waals surface area contributed by atoms with Crippen LogP contribution in [0.4, 0.5) is 5.69 Å². The molecule has 0 aliphatic carbocycles. The van der Waals surface area contributed by atoms with E-state index < -0.39 is 0 Å². The Labute approximate surface area is 113 Å². The highest BCUT2D eigenvalue weighted by molar-refractivity contribution is 5.48. The maximum atomic E-state index is 5.23. The Balaban J connectivity index is 2.06. The van der Waals surface area contributed by atoms with E-state index in [4.69, 9.17) is 4.74 Å². The molecule has 0 aliphatic rings. The van der Waals surface area contributed by atoms with Gasteiger partial charge in [0.2, 0.25) is 0 Å². The van der Waals surface area contributed by atoms with Crippen molar-refractivity contribution in [1.82, 2.24) is 15.0 Å². The molecular formula is C14H20N4O. The fraction of sp³-hybridized carbons (Fsp3) is 0.429. The summed E-state index contributed by atoms with van der Waals surface area (Å²) in [6.07, 6.45) is 3.33. The molecule has 2 aromatic rings. The molecule has 1 atom stereocenters. The molecule has 0 radical (unpaired) electrons. The highest BCUT2D eigenvalue weighted by Gasteiger charge is 2.12. The minimum Gasteiger partial charge on any atom is -0.383 e. The molecule has 0 saturated heterocycles. The zero-order chi connectivity index (χ0) is 13.7. The lowest BCUT2D eigenvalue weighted by molar-refractivity contribution is 0.171. The van der Waals surface area contributed by atoms with Crippen molar-refractivity contribution in [3.8, 4) is 5.69 Å². The molecular weight excluding hydrogens is 240 g/mol. The van der Waals surface area contributed by atoms with Gasteiger partial charge in [0.25, 0.3) is 0 Å². The van der Waals surface area contributed by atoms with Gasteiger partial charge < -0.3 is 10.1 Å². The fourth-order valence-corrected chi connectivity index (χ4v) is 1.83. The zero-order valence-corrected chi connectivity index (χ0v) is 11.6. The van der Waals surface area contributed by atoms with Gasteiger partial charge in [-0.05, 0) is 30.2 Å². The summed E-state index contributed by atoms with van der Waals surface area (Å²) in [5, 5.41) is 11.7. The van der Waals surface area contributed by atoms with Crippen molar-refractivity contribution in [2.75, 3.05) is 19.0 Å². The second-order valence-corrected chi connectivity index (χ2v) is 4.82. The van der Waals surface area contributed by atoms with Crippen molar-refractivity contribution < 1.29 is 4.74 Å². The van der Waals surface area contributed by atoms with Gasteiger partial charge in [-0.1, -0.05) is 13.8 Å². The van der Waals surface area contributed by atoms with Gasteiger partial charge in [-0.3, -0.25) is 0 Å². The van der Waals surface area contributed by atoms with Crippen LogP contribution < -0.4 is 5.32 Å². The normalized spacial score (nSPS) is 12.6. The van der Waals surface area contributed by atoms with Crippen molar-refractivity contribution in [2.45, 2.75) is 19.9 Å². The topological polar surface area (TPSA) is 52.0 Å². The molecule has 1 unspecified atom stereocenters. The summed E-state index contributed by atoms with van der Waals surface area (Å²) in [7, 11) is 1.73. The van der Waals surface area contributed by atoms with Crippen LogP contribution in [0.2, 0.25) is 0 Å². The molecule has 5 heteroatoms. The molecule has 0 amide bonds. The van der Waals surface area contributed by atoms with E-state index in [0.717, 1.165) is 11.4 Å². The van der Waals surface area contributed by atoms with Crippen molar-refractivity contribution >= 4 is 5.69 Å². The number of methoxy groups -OCH3 is 1. The number of benzene rings is 1. The van der Waals surface area contributed by atoms with Gasteiger partial charge in [-0.2, -0.15) is 15.0 Å². The molecule has 0 aliphatic heterocycles. The number of nitrogens with one attached hydrogen (secondary N) is 1. The molecule has 1 aromatic heterocycles. The molecule has 1 N–H and O–H groups in total. The first kappa shape index (κ1) is 13.5. The summed E-state index contributed by atoms with van der Waals surface area (Å²) in [6, 6.07) is 8.35. The molecule has 102 valence electrons. The average molecular weight is 260 g/mol. The maximum Gasteiger partial charge on any atom is 0.0858 e. The van der Waals surface area contributed by atoms with Crippen LogP contribution in [0.3, 0.4) is 0 Å². The first-order chi connectivity index (χ1) is 9.20. The Morgan fingerprint density at radius 2 is 1.79 bits per heavy atom. The minimum atomic E-state index is 0.304. The Hall–Kier alpha value is -1.88. The van der Waals surface area contributed by atoms with Gasteiger partial charge in [-0.25, -0.2) is 0 Å². The molecule has 1 heterocycles. The van der Waals surface area contributed by atoms with Crippen molar-refractivity contribution in [3.63, 3.8) is 0 Å². The van der Waals surface area contributed by atoms with E-state index in [9.17, 15) is 0 Å². The summed E-state index contributed by atoms with van der Waals surface area (Å²) in [5.41, 5.74) is 2.02. The molecule has 0 spiro atoms. The molecule has 0 saturated carbocycles. The lowest BCUT2D eigenvalue weighted by atomic mass is 10.1. The van der Waals surface area contributed by atoms with Crippen molar-refractivity contribution in [2.24, 2.45) is 5.92 Å². The average Bonchev–Trinajstić information content (AvgIpc) is 2.93. The smallest absolute Gasteiger partial charge is 0.0858 e. The van der Waals surface area contributed by atoms with Crippen LogP contribution in [0, 0.1) is 5.92 Å². The van der Waals surface area contributed by atoms with Gasteiger partial charge in [0.15, 0.2) is 0 Å². The van der Waals surface area contributed by atoms with Crippen LogP contribution in [0.1, 0.15) is 13.8 Å². The van der Waals surface area contributed by atoms with Crippen molar-refractivity contribution in [1.29, 1.82) is 0 Å². The third-order valence-electron chi connectivity index (χ3n) is 3.02. The predicted octanol–water partition coefficient (Wildman–Crippen LogP) is 2.35. The van der Waals surface area contributed by atoms with Gasteiger partial charge in [0, 0.05) is 12.8 Å². The lowest BCUT2D eigenvalue weighted by Gasteiger charge is -2.22. The Morgan fingerprint density at radius 3 is 2.32 bits per heavy atom. The van der Waals surface area contributed by atoms with Crippen LogP contribution in [0.5, 0.6) is 0 Å². The number of anilines is 1. The van der Waals surface area contributed by atoms with Gasteiger partial charge in [0.05, 0.1) is 30.7 Å². The van der Waals surface area contributed by atoms with Crippen LogP contribution in [0.15, 0.2) is 36.7 Å². The SMILES string of the molecule is COCC(Nc1ccc(-n2nccn2)cc1)C(C)C. The van der Waals surface area contributed by atoms with Gasteiger partial charge in [0.1, 0.15) is 0 Å². The van der Waals surface area contributed by atoms with Crippen LogP contribution in [-0.4, -0.2) is 34.8 Å². The van der Waals surface area contributed by atoms with Crippen LogP contribution in [0.25, 0.3) is 5.69 Å². The molecule has 0 fully saturated rings. The van der Waals surface area contributed by atoms with Crippen LogP contribution >= 0.6 is 0 Å². The minimum absolute atomic E-state index is 0.304. The third kappa shape index (κ3) is 3.54. The summed E-state index contributed by atoms with van der Waals surface area (Å²) >= 11 is 0. The van der Waals surface area contributed by atoms with E-state index >= 15 is 0 Å². The van der Waals surface area contributed by atoms with E-state index in [-0.39, 0.29) is 0 Å². The van der Waals surface area contributed by atoms with E-state index in [1.807, 2.05) is 24.3 Å². The highest BCUT2D eigenvalue weighted by Crippen LogP contribution is 2.15. The predicted molar refractivity (Wildman–Crippen MR) is 75.5 cm³/mol. The van der Waals surface area contributed by atoms with Gasteiger partial charge in [-0.15, -0.1) is 0 Å². The summed E-state index contributed by atoms with van der Waals surface area (Å²) in [6.45, 7) is 5.05. The number of rotatable bonds is 6. The lowest BCUT2D eigenvalue weighted by Crippen LogP contribution is -2.30.